The van der Waals surface area contributed by atoms with E-state index in [-0.39, 0.29) is 12.2 Å². The Morgan fingerprint density at radius 3 is 1.61 bits per heavy atom. The summed E-state index contributed by atoms with van der Waals surface area (Å²) >= 11 is 0. The first-order valence-corrected chi connectivity index (χ1v) is 6.28. The molecular weight excluding hydrogens is 224 g/mol. The highest BCUT2D eigenvalue weighted by Gasteiger charge is 2.29. The van der Waals surface area contributed by atoms with Crippen LogP contribution >= 0.6 is 0 Å². The summed E-state index contributed by atoms with van der Waals surface area (Å²) in [5, 5.41) is 0. The van der Waals surface area contributed by atoms with E-state index in [0.717, 1.165) is 0 Å². The van der Waals surface area contributed by atoms with Crippen LogP contribution in [0, 0.1) is 0 Å². The van der Waals surface area contributed by atoms with Gasteiger partial charge in [-0.15, -0.1) is 0 Å². The summed E-state index contributed by atoms with van der Waals surface area (Å²) in [7, 11) is 0. The van der Waals surface area contributed by atoms with Crippen LogP contribution in [0.3, 0.4) is 0 Å². The summed E-state index contributed by atoms with van der Waals surface area (Å²) < 4.78 is 11.4. The van der Waals surface area contributed by atoms with Gasteiger partial charge in [-0.2, -0.15) is 0 Å². The molecule has 0 bridgehead atoms. The predicted molar refractivity (Wildman–Crippen MR) is 70.4 cm³/mol. The molecule has 0 spiro atoms. The maximum atomic E-state index is 5.70. The van der Waals surface area contributed by atoms with Gasteiger partial charge in [0.25, 0.3) is 0 Å². The molecule has 18 heavy (non-hydrogen) atoms. The van der Waals surface area contributed by atoms with Gasteiger partial charge < -0.3 is 9.47 Å². The summed E-state index contributed by atoms with van der Waals surface area (Å²) in [5.74, 6) is 0.148. The van der Waals surface area contributed by atoms with E-state index >= 15 is 0 Å². The Labute approximate surface area is 107 Å². The topological polar surface area (TPSA) is 18.5 Å². The van der Waals surface area contributed by atoms with Crippen LogP contribution in [0.2, 0.25) is 0 Å². The third kappa shape index (κ3) is 2.30. The molecule has 2 heteroatoms. The Bertz CT molecular complexity index is 435. The van der Waals surface area contributed by atoms with Gasteiger partial charge in [0.15, 0.2) is 6.29 Å². The summed E-state index contributed by atoms with van der Waals surface area (Å²) in [6.45, 7) is 1.36. The van der Waals surface area contributed by atoms with Gasteiger partial charge in [-0.25, -0.2) is 0 Å². The van der Waals surface area contributed by atoms with Crippen molar-refractivity contribution in [1.82, 2.24) is 0 Å². The van der Waals surface area contributed by atoms with E-state index in [1.807, 2.05) is 12.1 Å². The Morgan fingerprint density at radius 2 is 1.17 bits per heavy atom. The average molecular weight is 240 g/mol. The molecule has 0 atom stereocenters. The predicted octanol–water partition coefficient (Wildman–Crippen LogP) is 3.19. The van der Waals surface area contributed by atoms with Crippen molar-refractivity contribution in [2.75, 3.05) is 13.2 Å². The first kappa shape index (κ1) is 11.5. The highest BCUT2D eigenvalue weighted by molar-refractivity contribution is 5.33. The minimum absolute atomic E-state index is 0.148. The Hall–Kier alpha value is -1.64. The van der Waals surface area contributed by atoms with Crippen LogP contribution < -0.4 is 0 Å². The molecule has 0 amide bonds. The highest BCUT2D eigenvalue weighted by atomic mass is 16.7. The van der Waals surface area contributed by atoms with Crippen molar-refractivity contribution in [3.8, 4) is 0 Å². The molecule has 0 unspecified atom stereocenters. The van der Waals surface area contributed by atoms with Gasteiger partial charge >= 0.3 is 0 Å². The van der Waals surface area contributed by atoms with Crippen molar-refractivity contribution in [2.45, 2.75) is 12.2 Å². The van der Waals surface area contributed by atoms with Crippen LogP contribution in [0.1, 0.15) is 17.0 Å². The maximum Gasteiger partial charge on any atom is 0.168 e. The van der Waals surface area contributed by atoms with E-state index < -0.39 is 0 Å². The molecule has 2 nitrogen and oxygen atoms in total. The molecule has 92 valence electrons. The van der Waals surface area contributed by atoms with Gasteiger partial charge in [0.2, 0.25) is 0 Å². The Kier molecular flexibility index (Phi) is 3.40. The zero-order chi connectivity index (χ0) is 12.2. The zero-order valence-electron chi connectivity index (χ0n) is 10.2. The number of benzene rings is 2. The van der Waals surface area contributed by atoms with Gasteiger partial charge in [0.05, 0.1) is 19.1 Å². The fourth-order valence-electron chi connectivity index (χ4n) is 2.40. The molecule has 1 aliphatic rings. The molecule has 1 heterocycles. The Morgan fingerprint density at radius 1 is 0.722 bits per heavy atom. The van der Waals surface area contributed by atoms with E-state index in [9.17, 15) is 0 Å². The first-order chi connectivity index (χ1) is 8.95. The molecule has 0 aromatic heterocycles. The number of rotatable bonds is 3. The van der Waals surface area contributed by atoms with Crippen LogP contribution in [0.5, 0.6) is 0 Å². The van der Waals surface area contributed by atoms with Crippen LogP contribution in [-0.4, -0.2) is 19.5 Å². The van der Waals surface area contributed by atoms with Crippen LogP contribution in [0.15, 0.2) is 60.7 Å². The molecular formula is C16H16O2. The van der Waals surface area contributed by atoms with Crippen molar-refractivity contribution < 1.29 is 9.47 Å². The Balaban J connectivity index is 1.98. The smallest absolute Gasteiger partial charge is 0.168 e. The lowest BCUT2D eigenvalue weighted by Crippen LogP contribution is -2.20. The minimum atomic E-state index is -0.171. The largest absolute Gasteiger partial charge is 0.349 e. The number of hydrogen-bond donors (Lipinski definition) is 0. The summed E-state index contributed by atoms with van der Waals surface area (Å²) in [5.41, 5.74) is 2.46. The first-order valence-electron chi connectivity index (χ1n) is 6.28. The fourth-order valence-corrected chi connectivity index (χ4v) is 2.40. The molecule has 0 N–H and O–H groups in total. The summed E-state index contributed by atoms with van der Waals surface area (Å²) in [6.07, 6.45) is -0.171. The second kappa shape index (κ2) is 5.34. The fraction of sp³-hybridized carbons (Fsp3) is 0.250. The molecule has 0 radical (unpaired) electrons. The average Bonchev–Trinajstić information content (AvgIpc) is 2.95. The van der Waals surface area contributed by atoms with E-state index in [2.05, 4.69) is 48.5 Å². The normalized spacial score (nSPS) is 16.3. The molecule has 1 fully saturated rings. The van der Waals surface area contributed by atoms with Gasteiger partial charge in [-0.05, 0) is 11.1 Å². The van der Waals surface area contributed by atoms with Crippen LogP contribution in [-0.2, 0) is 9.47 Å². The molecule has 0 saturated carbocycles. The maximum absolute atomic E-state index is 5.70. The van der Waals surface area contributed by atoms with E-state index in [1.165, 1.54) is 11.1 Å². The third-order valence-electron chi connectivity index (χ3n) is 3.24. The van der Waals surface area contributed by atoms with Crippen LogP contribution in [0.25, 0.3) is 0 Å². The SMILES string of the molecule is c1ccc(C(c2ccccc2)C2OCCO2)cc1. The zero-order valence-corrected chi connectivity index (χ0v) is 10.2. The monoisotopic (exact) mass is 240 g/mol. The highest BCUT2D eigenvalue weighted by Crippen LogP contribution is 2.31. The third-order valence-corrected chi connectivity index (χ3v) is 3.24. The minimum Gasteiger partial charge on any atom is -0.349 e. The molecule has 3 rings (SSSR count). The van der Waals surface area contributed by atoms with E-state index in [0.29, 0.717) is 13.2 Å². The van der Waals surface area contributed by atoms with Gasteiger partial charge in [-0.1, -0.05) is 60.7 Å². The quantitative estimate of drug-likeness (QED) is 0.820. The lowest BCUT2D eigenvalue weighted by atomic mass is 9.91. The van der Waals surface area contributed by atoms with Crippen molar-refractivity contribution >= 4 is 0 Å². The number of ether oxygens (including phenoxy) is 2. The summed E-state index contributed by atoms with van der Waals surface area (Å²) in [4.78, 5) is 0. The molecule has 1 saturated heterocycles. The van der Waals surface area contributed by atoms with E-state index in [4.69, 9.17) is 9.47 Å². The second-order valence-corrected chi connectivity index (χ2v) is 4.41. The lowest BCUT2D eigenvalue weighted by Gasteiger charge is -2.23. The van der Waals surface area contributed by atoms with Gasteiger partial charge in [0.1, 0.15) is 0 Å². The van der Waals surface area contributed by atoms with Crippen molar-refractivity contribution in [3.63, 3.8) is 0 Å². The standard InChI is InChI=1S/C16H16O2/c1-3-7-13(8-4-1)15(16-17-11-12-18-16)14-9-5-2-6-10-14/h1-10,15-16H,11-12H2. The van der Waals surface area contributed by atoms with Gasteiger partial charge in [-0.3, -0.25) is 0 Å². The molecule has 2 aromatic rings. The van der Waals surface area contributed by atoms with Gasteiger partial charge in [0, 0.05) is 0 Å². The van der Waals surface area contributed by atoms with Crippen molar-refractivity contribution in [1.29, 1.82) is 0 Å². The van der Waals surface area contributed by atoms with E-state index in [1.54, 1.807) is 0 Å². The van der Waals surface area contributed by atoms with Crippen molar-refractivity contribution in [3.05, 3.63) is 71.8 Å². The van der Waals surface area contributed by atoms with Crippen molar-refractivity contribution in [2.24, 2.45) is 0 Å². The molecule has 0 aliphatic carbocycles. The summed E-state index contributed by atoms with van der Waals surface area (Å²) in [6, 6.07) is 20.8. The molecule has 1 aliphatic heterocycles. The second-order valence-electron chi connectivity index (χ2n) is 4.41. The number of hydrogen-bond acceptors (Lipinski definition) is 2. The lowest BCUT2D eigenvalue weighted by molar-refractivity contribution is -0.0524. The van der Waals surface area contributed by atoms with Crippen LogP contribution in [0.4, 0.5) is 0 Å². The molecule has 2 aromatic carbocycles.